The van der Waals surface area contributed by atoms with Gasteiger partial charge in [0.15, 0.2) is 0 Å². The molecule has 1 atom stereocenters. The van der Waals surface area contributed by atoms with Crippen LogP contribution in [0, 0.1) is 0 Å². The van der Waals surface area contributed by atoms with Gasteiger partial charge in [-0.15, -0.1) is 22.6 Å². The molecule has 0 fully saturated rings. The highest BCUT2D eigenvalue weighted by atomic mass is 35.5. The second-order valence-electron chi connectivity index (χ2n) is 6.13. The average molecular weight is 398 g/mol. The van der Waals surface area contributed by atoms with E-state index in [1.807, 2.05) is 30.3 Å². The van der Waals surface area contributed by atoms with Gasteiger partial charge in [0, 0.05) is 5.75 Å². The van der Waals surface area contributed by atoms with E-state index in [4.69, 9.17) is 10.2 Å². The summed E-state index contributed by atoms with van der Waals surface area (Å²) in [5.74, 6) is 1.26. The Balaban J connectivity index is 0.00000210. The van der Waals surface area contributed by atoms with Crippen molar-refractivity contribution in [2.45, 2.75) is 23.4 Å². The van der Waals surface area contributed by atoms with Crippen LogP contribution in [-0.2, 0) is 12.2 Å². The highest BCUT2D eigenvalue weighted by Crippen LogP contribution is 2.27. The number of nitrogens with two attached hydrogens (primary N) is 1. The molecule has 2 N–H and O–H groups in total. The Morgan fingerprint density at radius 3 is 2.48 bits per heavy atom. The van der Waals surface area contributed by atoms with E-state index >= 15 is 0 Å². The summed E-state index contributed by atoms with van der Waals surface area (Å²) in [5, 5.41) is 11.3. The molecule has 0 unspecified atom stereocenters. The van der Waals surface area contributed by atoms with E-state index in [0.717, 1.165) is 11.3 Å². The molecule has 0 aliphatic rings. The van der Waals surface area contributed by atoms with Crippen molar-refractivity contribution >= 4 is 34.9 Å². The third kappa shape index (κ3) is 4.69. The largest absolute Gasteiger partial charge is 0.414 e. The number of hydrogen-bond acceptors (Lipinski definition) is 5. The summed E-state index contributed by atoms with van der Waals surface area (Å²) < 4.78 is 5.77. The molecule has 138 valence electrons. The molecule has 1 heterocycles. The van der Waals surface area contributed by atoms with E-state index in [1.165, 1.54) is 28.1 Å². The lowest BCUT2D eigenvalue weighted by Crippen LogP contribution is -2.13. The lowest BCUT2D eigenvalue weighted by atomic mass is 10.1. The number of fused-ring (bicyclic) bond motifs is 1. The SMILES string of the molecule is Cl.N[C@@H](Cc1ccccc1)c1nnc(SCc2cccc3ccccc23)o1. The average Bonchev–Trinajstić information content (AvgIpc) is 3.16. The molecule has 0 saturated heterocycles. The van der Waals surface area contributed by atoms with Gasteiger partial charge in [0.05, 0.1) is 6.04 Å². The maximum absolute atomic E-state index is 6.22. The maximum Gasteiger partial charge on any atom is 0.276 e. The Morgan fingerprint density at radius 1 is 0.889 bits per heavy atom. The zero-order valence-corrected chi connectivity index (χ0v) is 16.2. The zero-order valence-electron chi connectivity index (χ0n) is 14.6. The Kier molecular flexibility index (Phi) is 6.50. The van der Waals surface area contributed by atoms with Gasteiger partial charge in [-0.1, -0.05) is 84.6 Å². The fourth-order valence-corrected chi connectivity index (χ4v) is 3.72. The van der Waals surface area contributed by atoms with E-state index in [-0.39, 0.29) is 18.4 Å². The van der Waals surface area contributed by atoms with Crippen LogP contribution >= 0.6 is 24.2 Å². The molecular weight excluding hydrogens is 378 g/mol. The highest BCUT2D eigenvalue weighted by molar-refractivity contribution is 7.98. The van der Waals surface area contributed by atoms with Crippen molar-refractivity contribution in [1.29, 1.82) is 0 Å². The van der Waals surface area contributed by atoms with Crippen LogP contribution in [0.2, 0.25) is 0 Å². The van der Waals surface area contributed by atoms with Gasteiger partial charge in [0.2, 0.25) is 5.89 Å². The lowest BCUT2D eigenvalue weighted by Gasteiger charge is -2.06. The van der Waals surface area contributed by atoms with Gasteiger partial charge < -0.3 is 10.2 Å². The third-order valence-corrected chi connectivity index (χ3v) is 5.14. The van der Waals surface area contributed by atoms with E-state index in [0.29, 0.717) is 17.5 Å². The summed E-state index contributed by atoms with van der Waals surface area (Å²) in [4.78, 5) is 0. The minimum Gasteiger partial charge on any atom is -0.414 e. The van der Waals surface area contributed by atoms with Crippen molar-refractivity contribution in [2.24, 2.45) is 5.73 Å². The first-order valence-electron chi connectivity index (χ1n) is 8.52. The maximum atomic E-state index is 6.22. The first-order valence-corrected chi connectivity index (χ1v) is 9.50. The van der Waals surface area contributed by atoms with Crippen molar-refractivity contribution in [2.75, 3.05) is 0 Å². The van der Waals surface area contributed by atoms with Gasteiger partial charge in [-0.2, -0.15) is 0 Å². The first-order chi connectivity index (χ1) is 12.8. The summed E-state index contributed by atoms with van der Waals surface area (Å²) in [6.45, 7) is 0. The number of nitrogens with zero attached hydrogens (tertiary/aromatic N) is 2. The molecule has 3 aromatic carbocycles. The third-order valence-electron chi connectivity index (χ3n) is 4.27. The topological polar surface area (TPSA) is 64.9 Å². The molecule has 6 heteroatoms. The van der Waals surface area contributed by atoms with Crippen LogP contribution in [0.5, 0.6) is 0 Å². The molecule has 4 aromatic rings. The number of benzene rings is 3. The van der Waals surface area contributed by atoms with E-state index in [1.54, 1.807) is 0 Å². The van der Waals surface area contributed by atoms with Crippen LogP contribution in [0.4, 0.5) is 0 Å². The summed E-state index contributed by atoms with van der Waals surface area (Å²) in [7, 11) is 0. The van der Waals surface area contributed by atoms with Crippen LogP contribution < -0.4 is 5.73 Å². The molecule has 0 aliphatic heterocycles. The van der Waals surface area contributed by atoms with Crippen LogP contribution in [0.25, 0.3) is 10.8 Å². The van der Waals surface area contributed by atoms with Gasteiger partial charge >= 0.3 is 0 Å². The zero-order chi connectivity index (χ0) is 17.8. The Hall–Kier alpha value is -2.34. The van der Waals surface area contributed by atoms with Crippen molar-refractivity contribution < 1.29 is 4.42 Å². The van der Waals surface area contributed by atoms with Crippen LogP contribution in [-0.4, -0.2) is 10.2 Å². The minimum absolute atomic E-state index is 0. The van der Waals surface area contributed by atoms with Crippen molar-refractivity contribution in [3.8, 4) is 0 Å². The second-order valence-corrected chi connectivity index (χ2v) is 7.06. The van der Waals surface area contributed by atoms with Gasteiger partial charge in [0.1, 0.15) is 0 Å². The van der Waals surface area contributed by atoms with Crippen molar-refractivity contribution in [1.82, 2.24) is 10.2 Å². The van der Waals surface area contributed by atoms with Gasteiger partial charge in [-0.3, -0.25) is 0 Å². The predicted octanol–water partition coefficient (Wildman–Crippen LogP) is 5.18. The number of rotatable bonds is 6. The van der Waals surface area contributed by atoms with Crippen LogP contribution in [0.3, 0.4) is 0 Å². The summed E-state index contributed by atoms with van der Waals surface area (Å²) >= 11 is 1.54. The standard InChI is InChI=1S/C21H19N3OS.ClH/c22-19(13-15-7-2-1-3-8-15)20-23-24-21(25-20)26-14-17-11-6-10-16-9-4-5-12-18(16)17;/h1-12,19H,13-14,22H2;1H/t19-;/m0./s1. The lowest BCUT2D eigenvalue weighted by molar-refractivity contribution is 0.385. The van der Waals surface area contributed by atoms with Crippen LogP contribution in [0.1, 0.15) is 23.1 Å². The van der Waals surface area contributed by atoms with Gasteiger partial charge in [-0.05, 0) is 28.3 Å². The quantitative estimate of drug-likeness (QED) is 0.454. The summed E-state index contributed by atoms with van der Waals surface area (Å²) in [5.41, 5.74) is 8.62. The van der Waals surface area contributed by atoms with E-state index in [2.05, 4.69) is 52.7 Å². The monoisotopic (exact) mass is 397 g/mol. The smallest absolute Gasteiger partial charge is 0.276 e. The molecule has 0 radical (unpaired) electrons. The summed E-state index contributed by atoms with van der Waals surface area (Å²) in [6, 6.07) is 24.5. The normalized spacial score (nSPS) is 11.9. The number of hydrogen-bond donors (Lipinski definition) is 1. The van der Waals surface area contributed by atoms with Crippen molar-refractivity contribution in [3.63, 3.8) is 0 Å². The molecule has 0 bridgehead atoms. The highest BCUT2D eigenvalue weighted by Gasteiger charge is 2.15. The molecule has 1 aromatic heterocycles. The molecule has 0 amide bonds. The molecule has 0 spiro atoms. The fraction of sp³-hybridized carbons (Fsp3) is 0.143. The molecule has 0 saturated carbocycles. The molecule has 27 heavy (non-hydrogen) atoms. The second kappa shape index (κ2) is 9.04. The molecular formula is C21H20ClN3OS. The number of thioether (sulfide) groups is 1. The predicted molar refractivity (Wildman–Crippen MR) is 112 cm³/mol. The van der Waals surface area contributed by atoms with E-state index in [9.17, 15) is 0 Å². The minimum atomic E-state index is -0.295. The summed E-state index contributed by atoms with van der Waals surface area (Å²) in [6.07, 6.45) is 0.677. The number of aromatic nitrogens is 2. The molecule has 0 aliphatic carbocycles. The Morgan fingerprint density at radius 2 is 1.63 bits per heavy atom. The Labute approximate surface area is 168 Å². The molecule has 4 rings (SSSR count). The van der Waals surface area contributed by atoms with Crippen molar-refractivity contribution in [3.05, 3.63) is 89.8 Å². The van der Waals surface area contributed by atoms with Gasteiger partial charge in [0.25, 0.3) is 5.22 Å². The van der Waals surface area contributed by atoms with Crippen LogP contribution in [0.15, 0.2) is 82.4 Å². The van der Waals surface area contributed by atoms with E-state index < -0.39 is 0 Å². The Bertz CT molecular complexity index is 1000. The fourth-order valence-electron chi connectivity index (χ4n) is 2.94. The first kappa shape index (κ1) is 19.4. The number of halogens is 1. The molecule has 4 nitrogen and oxygen atoms in total. The van der Waals surface area contributed by atoms with Gasteiger partial charge in [-0.25, -0.2) is 0 Å².